The Morgan fingerprint density at radius 1 is 0.921 bits per heavy atom. The molecule has 7 nitrogen and oxygen atoms in total. The zero-order chi connectivity index (χ0) is 27.1. The van der Waals surface area contributed by atoms with Gasteiger partial charge in [0.2, 0.25) is 5.91 Å². The molecule has 0 saturated carbocycles. The van der Waals surface area contributed by atoms with E-state index in [2.05, 4.69) is 5.32 Å². The topological polar surface area (TPSA) is 95.9 Å². The molecule has 1 aliphatic rings. The molecule has 1 saturated heterocycles. The first kappa shape index (κ1) is 27.2. The molecule has 0 aliphatic carbocycles. The van der Waals surface area contributed by atoms with E-state index in [1.807, 2.05) is 44.2 Å². The molecule has 2 N–H and O–H groups in total. The highest BCUT2D eigenvalue weighted by Crippen LogP contribution is 2.30. The van der Waals surface area contributed by atoms with Crippen LogP contribution in [0.5, 0.6) is 0 Å². The van der Waals surface area contributed by atoms with Crippen LogP contribution in [0.25, 0.3) is 0 Å². The number of esters is 1. The standard InChI is InChI=1S/C31H34N2O5/c1-22(2)28(23-13-6-3-7-14-23)38-27(34)21-33-20-12-19-26(33)29(35)32-30(36)31(37,24-15-8-4-9-16-24)25-17-10-5-11-18-25/h3-11,13-18,22,26,28,37H,12,19-21H2,1-2H3,(H,32,35,36)/t26-,28-/m0/s1. The summed E-state index contributed by atoms with van der Waals surface area (Å²) in [7, 11) is 0. The van der Waals surface area contributed by atoms with Crippen molar-refractivity contribution in [1.82, 2.24) is 10.2 Å². The van der Waals surface area contributed by atoms with Crippen molar-refractivity contribution in [2.45, 2.75) is 44.4 Å². The van der Waals surface area contributed by atoms with Crippen LogP contribution in [-0.4, -0.2) is 46.9 Å². The molecule has 1 fully saturated rings. The maximum absolute atomic E-state index is 13.4. The molecule has 1 aliphatic heterocycles. The van der Waals surface area contributed by atoms with Crippen molar-refractivity contribution >= 4 is 17.8 Å². The SMILES string of the molecule is CC(C)[C@H](OC(=O)CN1CCC[C@H]1C(=O)NC(=O)C(O)(c1ccccc1)c1ccccc1)c1ccccc1. The number of hydrogen-bond donors (Lipinski definition) is 2. The van der Waals surface area contributed by atoms with Gasteiger partial charge in [0.15, 0.2) is 5.60 Å². The minimum absolute atomic E-state index is 0.0655. The number of amides is 2. The predicted octanol–water partition coefficient (Wildman–Crippen LogP) is 3.97. The second-order valence-corrected chi connectivity index (χ2v) is 9.95. The number of benzene rings is 3. The van der Waals surface area contributed by atoms with Crippen molar-refractivity contribution in [3.8, 4) is 0 Å². The number of rotatable bonds is 9. The van der Waals surface area contributed by atoms with E-state index in [9.17, 15) is 19.5 Å². The zero-order valence-corrected chi connectivity index (χ0v) is 21.7. The van der Waals surface area contributed by atoms with Gasteiger partial charge in [-0.25, -0.2) is 0 Å². The van der Waals surface area contributed by atoms with Crippen LogP contribution in [0.4, 0.5) is 0 Å². The Kier molecular flexibility index (Phi) is 8.71. The molecular formula is C31H34N2O5. The van der Waals surface area contributed by atoms with Gasteiger partial charge in [-0.2, -0.15) is 0 Å². The summed E-state index contributed by atoms with van der Waals surface area (Å²) >= 11 is 0. The Hall–Kier alpha value is -3.81. The van der Waals surface area contributed by atoms with E-state index in [4.69, 9.17) is 4.74 Å². The quantitative estimate of drug-likeness (QED) is 0.420. The lowest BCUT2D eigenvalue weighted by Gasteiger charge is -2.29. The third-order valence-corrected chi connectivity index (χ3v) is 6.94. The molecule has 4 rings (SSSR count). The number of carbonyl (C=O) groups excluding carboxylic acids is 3. The van der Waals surface area contributed by atoms with Gasteiger partial charge in [0.05, 0.1) is 12.6 Å². The van der Waals surface area contributed by atoms with Crippen LogP contribution < -0.4 is 5.32 Å². The number of nitrogens with zero attached hydrogens (tertiary/aromatic N) is 1. The zero-order valence-electron chi connectivity index (χ0n) is 21.7. The van der Waals surface area contributed by atoms with E-state index in [-0.39, 0.29) is 12.5 Å². The maximum Gasteiger partial charge on any atom is 0.320 e. The van der Waals surface area contributed by atoms with E-state index in [1.54, 1.807) is 65.6 Å². The number of aliphatic hydroxyl groups is 1. The average Bonchev–Trinajstić information content (AvgIpc) is 3.40. The highest BCUT2D eigenvalue weighted by molar-refractivity contribution is 6.03. The summed E-state index contributed by atoms with van der Waals surface area (Å²) in [6.45, 7) is 4.44. The van der Waals surface area contributed by atoms with E-state index < -0.39 is 35.5 Å². The molecule has 0 radical (unpaired) electrons. The Labute approximate surface area is 223 Å². The van der Waals surface area contributed by atoms with Crippen molar-refractivity contribution in [2.24, 2.45) is 5.92 Å². The first-order valence-electron chi connectivity index (χ1n) is 13.0. The molecule has 0 aromatic heterocycles. The van der Waals surface area contributed by atoms with Crippen molar-refractivity contribution in [3.63, 3.8) is 0 Å². The lowest BCUT2D eigenvalue weighted by Crippen LogP contribution is -2.53. The van der Waals surface area contributed by atoms with Gasteiger partial charge in [0.25, 0.3) is 5.91 Å². The fourth-order valence-electron chi connectivity index (χ4n) is 4.96. The third kappa shape index (κ3) is 6.01. The van der Waals surface area contributed by atoms with Crippen LogP contribution in [0.3, 0.4) is 0 Å². The molecule has 0 spiro atoms. The highest BCUT2D eigenvalue weighted by Gasteiger charge is 2.42. The fourth-order valence-corrected chi connectivity index (χ4v) is 4.96. The molecule has 7 heteroatoms. The molecule has 0 bridgehead atoms. The van der Waals surface area contributed by atoms with Crippen LogP contribution in [0.1, 0.15) is 49.5 Å². The number of likely N-dealkylation sites (tertiary alicyclic amines) is 1. The van der Waals surface area contributed by atoms with E-state index in [0.29, 0.717) is 30.5 Å². The van der Waals surface area contributed by atoms with E-state index in [1.165, 1.54) is 0 Å². The largest absolute Gasteiger partial charge is 0.456 e. The number of nitrogens with one attached hydrogen (secondary N) is 1. The molecular weight excluding hydrogens is 480 g/mol. The van der Waals surface area contributed by atoms with Gasteiger partial charge in [0, 0.05) is 0 Å². The second-order valence-electron chi connectivity index (χ2n) is 9.95. The maximum atomic E-state index is 13.4. The summed E-state index contributed by atoms with van der Waals surface area (Å²) in [6.07, 6.45) is 0.799. The lowest BCUT2D eigenvalue weighted by atomic mass is 9.85. The fraction of sp³-hybridized carbons (Fsp3) is 0.323. The summed E-state index contributed by atoms with van der Waals surface area (Å²) in [5.74, 6) is -1.73. The normalized spacial score (nSPS) is 16.7. The molecule has 0 unspecified atom stereocenters. The molecule has 38 heavy (non-hydrogen) atoms. The molecule has 2 atom stereocenters. The number of ether oxygens (including phenoxy) is 1. The van der Waals surface area contributed by atoms with Crippen LogP contribution in [-0.2, 0) is 24.7 Å². The number of hydrogen-bond acceptors (Lipinski definition) is 6. The van der Waals surface area contributed by atoms with Crippen molar-refractivity contribution in [3.05, 3.63) is 108 Å². The predicted molar refractivity (Wildman–Crippen MR) is 144 cm³/mol. The van der Waals surface area contributed by atoms with Crippen molar-refractivity contribution < 1.29 is 24.2 Å². The summed E-state index contributed by atoms with van der Waals surface area (Å²) in [5.41, 5.74) is -0.438. The van der Waals surface area contributed by atoms with Crippen molar-refractivity contribution in [2.75, 3.05) is 13.1 Å². The van der Waals surface area contributed by atoms with Gasteiger partial charge in [-0.3, -0.25) is 24.6 Å². The van der Waals surface area contributed by atoms with Crippen LogP contribution >= 0.6 is 0 Å². The monoisotopic (exact) mass is 514 g/mol. The molecule has 3 aromatic carbocycles. The summed E-state index contributed by atoms with van der Waals surface area (Å²) in [4.78, 5) is 41.4. The summed E-state index contributed by atoms with van der Waals surface area (Å²) in [5, 5.41) is 14.1. The Morgan fingerprint density at radius 3 is 1.97 bits per heavy atom. The molecule has 1 heterocycles. The Morgan fingerprint density at radius 2 is 1.45 bits per heavy atom. The Balaban J connectivity index is 1.46. The minimum atomic E-state index is -2.05. The highest BCUT2D eigenvalue weighted by atomic mass is 16.5. The van der Waals surface area contributed by atoms with Gasteiger partial charge in [-0.15, -0.1) is 0 Å². The number of imide groups is 1. The first-order valence-corrected chi connectivity index (χ1v) is 13.0. The van der Waals surface area contributed by atoms with Gasteiger partial charge in [0.1, 0.15) is 6.10 Å². The van der Waals surface area contributed by atoms with E-state index >= 15 is 0 Å². The number of carbonyl (C=O) groups is 3. The summed E-state index contributed by atoms with van der Waals surface area (Å²) in [6, 6.07) is 25.9. The van der Waals surface area contributed by atoms with Crippen LogP contribution in [0.15, 0.2) is 91.0 Å². The second kappa shape index (κ2) is 12.2. The van der Waals surface area contributed by atoms with E-state index in [0.717, 1.165) is 5.56 Å². The summed E-state index contributed by atoms with van der Waals surface area (Å²) < 4.78 is 5.82. The van der Waals surface area contributed by atoms with Gasteiger partial charge in [-0.05, 0) is 42.0 Å². The van der Waals surface area contributed by atoms with Gasteiger partial charge in [-0.1, -0.05) is 105 Å². The smallest absolute Gasteiger partial charge is 0.320 e. The van der Waals surface area contributed by atoms with Gasteiger partial charge >= 0.3 is 5.97 Å². The van der Waals surface area contributed by atoms with Gasteiger partial charge < -0.3 is 9.84 Å². The van der Waals surface area contributed by atoms with Crippen LogP contribution in [0, 0.1) is 5.92 Å². The molecule has 3 aromatic rings. The van der Waals surface area contributed by atoms with Crippen LogP contribution in [0.2, 0.25) is 0 Å². The van der Waals surface area contributed by atoms with Crippen molar-refractivity contribution in [1.29, 1.82) is 0 Å². The third-order valence-electron chi connectivity index (χ3n) is 6.94. The Bertz CT molecular complexity index is 1190. The first-order chi connectivity index (χ1) is 18.3. The lowest BCUT2D eigenvalue weighted by molar-refractivity contribution is -0.153. The minimum Gasteiger partial charge on any atom is -0.456 e. The molecule has 198 valence electrons. The molecule has 2 amide bonds. The average molecular weight is 515 g/mol.